The lowest BCUT2D eigenvalue weighted by molar-refractivity contribution is -0.122. The molecule has 2 rings (SSSR count). The summed E-state index contributed by atoms with van der Waals surface area (Å²) in [6.07, 6.45) is 3.81. The van der Waals surface area contributed by atoms with Gasteiger partial charge in [-0.1, -0.05) is 36.4 Å². The van der Waals surface area contributed by atoms with Gasteiger partial charge < -0.3 is 16.4 Å². The third kappa shape index (κ3) is 6.18. The minimum atomic E-state index is -0.342. The Hall–Kier alpha value is -2.73. The molecule has 6 heteroatoms. The number of carbonyl (C=O) groups excluding carboxylic acids is 2. The molecule has 126 valence electrons. The summed E-state index contributed by atoms with van der Waals surface area (Å²) in [6, 6.07) is 12.8. The zero-order chi connectivity index (χ0) is 17.2. The maximum absolute atomic E-state index is 11.9. The van der Waals surface area contributed by atoms with Gasteiger partial charge in [0.25, 0.3) is 0 Å². The highest BCUT2D eigenvalue weighted by Crippen LogP contribution is 2.12. The van der Waals surface area contributed by atoms with E-state index < -0.39 is 0 Å². The molecule has 6 nitrogen and oxygen atoms in total. The molecule has 0 saturated carbocycles. The molecule has 1 atom stereocenters. The predicted octanol–water partition coefficient (Wildman–Crippen LogP) is 1.29. The molecule has 24 heavy (non-hydrogen) atoms. The number of amides is 2. The largest absolute Gasteiger partial charge is 0.356 e. The lowest BCUT2D eigenvalue weighted by Gasteiger charge is -2.12. The van der Waals surface area contributed by atoms with E-state index in [4.69, 9.17) is 5.73 Å². The summed E-state index contributed by atoms with van der Waals surface area (Å²) < 4.78 is 0. The molecule has 0 spiro atoms. The lowest BCUT2D eigenvalue weighted by Crippen LogP contribution is -2.32. The standard InChI is InChI=1S/C18H22N4O2/c19-16(15-6-2-1-3-7-15)11-18(24)21-10-8-17(23)22-13-14-5-4-9-20-12-14/h1-7,9,12,16H,8,10-11,13,19H2,(H,21,24)(H,22,23). The van der Waals surface area contributed by atoms with Crippen LogP contribution in [0.1, 0.15) is 30.0 Å². The van der Waals surface area contributed by atoms with Crippen molar-refractivity contribution in [2.45, 2.75) is 25.4 Å². The SMILES string of the molecule is NC(CC(=O)NCCC(=O)NCc1cccnc1)c1ccccc1. The Kier molecular flexibility index (Phi) is 6.91. The van der Waals surface area contributed by atoms with Crippen molar-refractivity contribution in [3.05, 3.63) is 66.0 Å². The molecule has 4 N–H and O–H groups in total. The summed E-state index contributed by atoms with van der Waals surface area (Å²) >= 11 is 0. The van der Waals surface area contributed by atoms with Crippen LogP contribution < -0.4 is 16.4 Å². The van der Waals surface area contributed by atoms with E-state index in [9.17, 15) is 9.59 Å². The third-order valence-corrected chi connectivity index (χ3v) is 3.52. The molecule has 0 radical (unpaired) electrons. The second kappa shape index (κ2) is 9.42. The summed E-state index contributed by atoms with van der Waals surface area (Å²) in [5.74, 6) is -0.280. The zero-order valence-corrected chi connectivity index (χ0v) is 13.4. The molecule has 0 aliphatic carbocycles. The average molecular weight is 326 g/mol. The molecule has 1 unspecified atom stereocenters. The Bertz CT molecular complexity index is 647. The van der Waals surface area contributed by atoms with Gasteiger partial charge in [0.2, 0.25) is 11.8 Å². The van der Waals surface area contributed by atoms with Crippen LogP contribution >= 0.6 is 0 Å². The van der Waals surface area contributed by atoms with Crippen LogP contribution in [0.25, 0.3) is 0 Å². The van der Waals surface area contributed by atoms with Gasteiger partial charge in [-0.2, -0.15) is 0 Å². The number of aromatic nitrogens is 1. The monoisotopic (exact) mass is 326 g/mol. The molecule has 1 aromatic heterocycles. The fourth-order valence-corrected chi connectivity index (χ4v) is 2.20. The van der Waals surface area contributed by atoms with Crippen LogP contribution in [-0.2, 0) is 16.1 Å². The van der Waals surface area contributed by atoms with Crippen LogP contribution in [0.5, 0.6) is 0 Å². The Balaban J connectivity index is 1.62. The normalized spacial score (nSPS) is 11.5. The van der Waals surface area contributed by atoms with Gasteiger partial charge in [0.1, 0.15) is 0 Å². The van der Waals surface area contributed by atoms with Crippen molar-refractivity contribution < 1.29 is 9.59 Å². The average Bonchev–Trinajstić information content (AvgIpc) is 2.61. The predicted molar refractivity (Wildman–Crippen MR) is 91.7 cm³/mol. The van der Waals surface area contributed by atoms with Crippen molar-refractivity contribution in [2.75, 3.05) is 6.54 Å². The summed E-state index contributed by atoms with van der Waals surface area (Å²) in [6.45, 7) is 0.721. The molecule has 1 heterocycles. The Morgan fingerprint density at radius 1 is 1.04 bits per heavy atom. The zero-order valence-electron chi connectivity index (χ0n) is 13.4. The van der Waals surface area contributed by atoms with Crippen LogP contribution in [0.3, 0.4) is 0 Å². The van der Waals surface area contributed by atoms with Gasteiger partial charge in [-0.25, -0.2) is 0 Å². The van der Waals surface area contributed by atoms with Crippen molar-refractivity contribution in [1.82, 2.24) is 15.6 Å². The van der Waals surface area contributed by atoms with E-state index in [1.807, 2.05) is 42.5 Å². The number of pyridine rings is 1. The number of rotatable bonds is 8. The van der Waals surface area contributed by atoms with Gasteiger partial charge >= 0.3 is 0 Å². The molecule has 0 fully saturated rings. The van der Waals surface area contributed by atoms with Gasteiger partial charge in [-0.15, -0.1) is 0 Å². The van der Waals surface area contributed by atoms with Gasteiger partial charge in [-0.3, -0.25) is 14.6 Å². The number of carbonyl (C=O) groups is 2. The highest BCUT2D eigenvalue weighted by Gasteiger charge is 2.11. The van der Waals surface area contributed by atoms with Crippen molar-refractivity contribution >= 4 is 11.8 Å². The number of nitrogens with zero attached hydrogens (tertiary/aromatic N) is 1. The molecular formula is C18H22N4O2. The minimum absolute atomic E-state index is 0.119. The van der Waals surface area contributed by atoms with Gasteiger partial charge in [-0.05, 0) is 17.2 Å². The molecule has 1 aromatic carbocycles. The highest BCUT2D eigenvalue weighted by molar-refractivity contribution is 5.79. The second-order valence-corrected chi connectivity index (χ2v) is 5.46. The maximum atomic E-state index is 11.9. The number of hydrogen-bond donors (Lipinski definition) is 3. The quantitative estimate of drug-likeness (QED) is 0.681. The summed E-state index contributed by atoms with van der Waals surface area (Å²) in [5.41, 5.74) is 7.85. The fraction of sp³-hybridized carbons (Fsp3) is 0.278. The van der Waals surface area contributed by atoms with Crippen LogP contribution in [0, 0.1) is 0 Å². The van der Waals surface area contributed by atoms with E-state index in [0.717, 1.165) is 11.1 Å². The Morgan fingerprint density at radius 3 is 2.54 bits per heavy atom. The van der Waals surface area contributed by atoms with Gasteiger partial charge in [0, 0.05) is 44.4 Å². The molecule has 0 bridgehead atoms. The van der Waals surface area contributed by atoms with Crippen molar-refractivity contribution in [2.24, 2.45) is 5.73 Å². The van der Waals surface area contributed by atoms with Crippen molar-refractivity contribution in [3.63, 3.8) is 0 Å². The number of nitrogens with one attached hydrogen (secondary N) is 2. The van der Waals surface area contributed by atoms with E-state index in [-0.39, 0.29) is 30.7 Å². The van der Waals surface area contributed by atoms with E-state index in [1.165, 1.54) is 0 Å². The van der Waals surface area contributed by atoms with E-state index in [2.05, 4.69) is 15.6 Å². The van der Waals surface area contributed by atoms with Crippen LogP contribution in [0.4, 0.5) is 0 Å². The fourth-order valence-electron chi connectivity index (χ4n) is 2.20. The summed E-state index contributed by atoms with van der Waals surface area (Å²) in [4.78, 5) is 27.6. The highest BCUT2D eigenvalue weighted by atomic mass is 16.2. The van der Waals surface area contributed by atoms with Gasteiger partial charge in [0.15, 0.2) is 0 Å². The van der Waals surface area contributed by atoms with Crippen LogP contribution in [0.15, 0.2) is 54.9 Å². The first-order valence-corrected chi connectivity index (χ1v) is 7.88. The molecule has 2 amide bonds. The van der Waals surface area contributed by atoms with Crippen molar-refractivity contribution in [1.29, 1.82) is 0 Å². The van der Waals surface area contributed by atoms with Crippen LogP contribution in [-0.4, -0.2) is 23.3 Å². The smallest absolute Gasteiger partial charge is 0.222 e. The number of nitrogens with two attached hydrogens (primary N) is 1. The van der Waals surface area contributed by atoms with E-state index >= 15 is 0 Å². The number of hydrogen-bond acceptors (Lipinski definition) is 4. The summed E-state index contributed by atoms with van der Waals surface area (Å²) in [5, 5.41) is 5.50. The first kappa shape index (κ1) is 17.6. The second-order valence-electron chi connectivity index (χ2n) is 5.46. The maximum Gasteiger partial charge on any atom is 0.222 e. The molecule has 2 aromatic rings. The molecular weight excluding hydrogens is 304 g/mol. The van der Waals surface area contributed by atoms with Crippen molar-refractivity contribution in [3.8, 4) is 0 Å². The topological polar surface area (TPSA) is 97.1 Å². The Morgan fingerprint density at radius 2 is 1.83 bits per heavy atom. The first-order chi connectivity index (χ1) is 11.6. The van der Waals surface area contributed by atoms with Gasteiger partial charge in [0.05, 0.1) is 0 Å². The first-order valence-electron chi connectivity index (χ1n) is 7.88. The number of benzene rings is 1. The molecule has 0 aliphatic rings. The van der Waals surface area contributed by atoms with E-state index in [1.54, 1.807) is 12.4 Å². The minimum Gasteiger partial charge on any atom is -0.356 e. The Labute approximate surface area is 141 Å². The molecule has 0 aliphatic heterocycles. The van der Waals surface area contributed by atoms with E-state index in [0.29, 0.717) is 13.1 Å². The lowest BCUT2D eigenvalue weighted by atomic mass is 10.0. The summed E-state index contributed by atoms with van der Waals surface area (Å²) in [7, 11) is 0. The third-order valence-electron chi connectivity index (χ3n) is 3.52. The molecule has 0 saturated heterocycles. The van der Waals surface area contributed by atoms with Crippen LogP contribution in [0.2, 0.25) is 0 Å².